The van der Waals surface area contributed by atoms with E-state index in [1.807, 2.05) is 0 Å². The first-order chi connectivity index (χ1) is 8.40. The molecule has 1 rings (SSSR count). The van der Waals surface area contributed by atoms with Crippen molar-refractivity contribution in [2.45, 2.75) is 26.8 Å². The lowest BCUT2D eigenvalue weighted by molar-refractivity contribution is -0.140. The third-order valence-electron chi connectivity index (χ3n) is 2.62. The summed E-state index contributed by atoms with van der Waals surface area (Å²) in [6.45, 7) is 3.47. The van der Waals surface area contributed by atoms with Crippen LogP contribution in [-0.2, 0) is 16.1 Å². The van der Waals surface area contributed by atoms with Crippen LogP contribution >= 0.6 is 0 Å². The number of amides is 1. The molecular weight excluding hydrogens is 237 g/mol. The van der Waals surface area contributed by atoms with Crippen molar-refractivity contribution in [1.82, 2.24) is 5.32 Å². The summed E-state index contributed by atoms with van der Waals surface area (Å²) in [5.41, 5.74) is 1.30. The van der Waals surface area contributed by atoms with E-state index in [0.717, 1.165) is 5.56 Å². The van der Waals surface area contributed by atoms with Crippen LogP contribution in [0, 0.1) is 18.7 Å². The Morgan fingerprint density at radius 2 is 2.11 bits per heavy atom. The van der Waals surface area contributed by atoms with E-state index < -0.39 is 11.9 Å². The highest BCUT2D eigenvalue weighted by molar-refractivity contribution is 5.82. The molecule has 0 bridgehead atoms. The first kappa shape index (κ1) is 14.2. The first-order valence-electron chi connectivity index (χ1n) is 5.64. The van der Waals surface area contributed by atoms with Crippen LogP contribution in [0.3, 0.4) is 0 Å². The number of rotatable bonds is 5. The maximum Gasteiger partial charge on any atom is 0.304 e. The molecule has 1 unspecified atom stereocenters. The molecule has 1 amide bonds. The number of aryl methyl sites for hydroxylation is 1. The van der Waals surface area contributed by atoms with E-state index in [0.29, 0.717) is 5.56 Å². The van der Waals surface area contributed by atoms with Crippen LogP contribution in [0.5, 0.6) is 0 Å². The summed E-state index contributed by atoms with van der Waals surface area (Å²) in [6, 6.07) is 4.58. The van der Waals surface area contributed by atoms with Crippen LogP contribution in [0.25, 0.3) is 0 Å². The van der Waals surface area contributed by atoms with E-state index in [2.05, 4.69) is 5.32 Å². The van der Waals surface area contributed by atoms with E-state index in [-0.39, 0.29) is 24.7 Å². The van der Waals surface area contributed by atoms with Gasteiger partial charge in [-0.05, 0) is 24.1 Å². The van der Waals surface area contributed by atoms with Gasteiger partial charge in [0.1, 0.15) is 5.82 Å². The van der Waals surface area contributed by atoms with E-state index in [1.54, 1.807) is 26.0 Å². The molecule has 0 aliphatic heterocycles. The number of nitrogens with one attached hydrogen (secondary N) is 1. The third kappa shape index (κ3) is 4.16. The minimum atomic E-state index is -1.00. The van der Waals surface area contributed by atoms with Crippen molar-refractivity contribution in [2.24, 2.45) is 5.92 Å². The van der Waals surface area contributed by atoms with Gasteiger partial charge < -0.3 is 10.4 Å². The quantitative estimate of drug-likeness (QED) is 0.841. The van der Waals surface area contributed by atoms with E-state index >= 15 is 0 Å². The SMILES string of the molecule is Cc1cc(CNC(=O)C(C)CC(=O)O)ccc1F. The molecule has 0 heterocycles. The van der Waals surface area contributed by atoms with Gasteiger partial charge in [-0.3, -0.25) is 9.59 Å². The highest BCUT2D eigenvalue weighted by Gasteiger charge is 2.15. The Morgan fingerprint density at radius 3 is 2.67 bits per heavy atom. The van der Waals surface area contributed by atoms with Crippen LogP contribution in [0.4, 0.5) is 4.39 Å². The van der Waals surface area contributed by atoms with Gasteiger partial charge >= 0.3 is 5.97 Å². The molecule has 0 aliphatic rings. The van der Waals surface area contributed by atoms with Gasteiger partial charge in [-0.2, -0.15) is 0 Å². The predicted molar refractivity (Wildman–Crippen MR) is 64.4 cm³/mol. The van der Waals surface area contributed by atoms with Crippen LogP contribution in [0.1, 0.15) is 24.5 Å². The fraction of sp³-hybridized carbons (Fsp3) is 0.385. The van der Waals surface area contributed by atoms with E-state index in [9.17, 15) is 14.0 Å². The van der Waals surface area contributed by atoms with Crippen LogP contribution < -0.4 is 5.32 Å². The summed E-state index contributed by atoms with van der Waals surface area (Å²) in [4.78, 5) is 22.0. The van der Waals surface area contributed by atoms with Gasteiger partial charge in [0.05, 0.1) is 6.42 Å². The standard InChI is InChI=1S/C13H16FNO3/c1-8-5-10(3-4-11(8)14)7-15-13(18)9(2)6-12(16)17/h3-5,9H,6-7H2,1-2H3,(H,15,18)(H,16,17). The highest BCUT2D eigenvalue weighted by Crippen LogP contribution is 2.09. The third-order valence-corrected chi connectivity index (χ3v) is 2.62. The second-order valence-electron chi connectivity index (χ2n) is 4.30. The average Bonchev–Trinajstić information content (AvgIpc) is 2.29. The molecule has 0 aliphatic carbocycles. The minimum Gasteiger partial charge on any atom is -0.481 e. The lowest BCUT2D eigenvalue weighted by Gasteiger charge is -2.10. The molecule has 98 valence electrons. The van der Waals surface area contributed by atoms with Crippen molar-refractivity contribution < 1.29 is 19.1 Å². The number of halogens is 1. The second-order valence-corrected chi connectivity index (χ2v) is 4.30. The largest absolute Gasteiger partial charge is 0.481 e. The Morgan fingerprint density at radius 1 is 1.44 bits per heavy atom. The fourth-order valence-electron chi connectivity index (χ4n) is 1.53. The number of benzene rings is 1. The molecule has 5 heteroatoms. The number of hydrogen-bond donors (Lipinski definition) is 2. The second kappa shape index (κ2) is 6.14. The molecule has 0 spiro atoms. The molecule has 0 saturated heterocycles. The van der Waals surface area contributed by atoms with Crippen LogP contribution in [-0.4, -0.2) is 17.0 Å². The molecule has 18 heavy (non-hydrogen) atoms. The first-order valence-corrected chi connectivity index (χ1v) is 5.64. The van der Waals surface area contributed by atoms with Crippen molar-refractivity contribution in [3.63, 3.8) is 0 Å². The normalized spacial score (nSPS) is 11.9. The Kier molecular flexibility index (Phi) is 4.83. The lowest BCUT2D eigenvalue weighted by Crippen LogP contribution is -2.30. The fourth-order valence-corrected chi connectivity index (χ4v) is 1.53. The van der Waals surface area contributed by atoms with Gasteiger partial charge in [0, 0.05) is 12.5 Å². The summed E-state index contributed by atoms with van der Waals surface area (Å²) in [7, 11) is 0. The lowest BCUT2D eigenvalue weighted by atomic mass is 10.1. The average molecular weight is 253 g/mol. The van der Waals surface area contributed by atoms with Crippen molar-refractivity contribution in [1.29, 1.82) is 0 Å². The molecule has 1 atom stereocenters. The number of aliphatic carboxylic acids is 1. The maximum absolute atomic E-state index is 13.0. The monoisotopic (exact) mass is 253 g/mol. The van der Waals surface area contributed by atoms with Gasteiger partial charge in [-0.25, -0.2) is 4.39 Å². The van der Waals surface area contributed by atoms with Crippen molar-refractivity contribution in [3.8, 4) is 0 Å². The highest BCUT2D eigenvalue weighted by atomic mass is 19.1. The van der Waals surface area contributed by atoms with Gasteiger partial charge in [-0.1, -0.05) is 19.1 Å². The molecule has 2 N–H and O–H groups in total. The number of carboxylic acids is 1. The van der Waals surface area contributed by atoms with Crippen molar-refractivity contribution in [2.75, 3.05) is 0 Å². The van der Waals surface area contributed by atoms with Crippen LogP contribution in [0.2, 0.25) is 0 Å². The molecule has 1 aromatic carbocycles. The summed E-state index contributed by atoms with van der Waals surface area (Å²) < 4.78 is 13.0. The zero-order valence-electron chi connectivity index (χ0n) is 10.4. The maximum atomic E-state index is 13.0. The molecule has 0 aromatic heterocycles. The number of carboxylic acid groups (broad SMARTS) is 1. The van der Waals surface area contributed by atoms with Gasteiger partial charge in [0.15, 0.2) is 0 Å². The molecule has 0 saturated carbocycles. The Labute approximate surface area is 105 Å². The Bertz CT molecular complexity index is 460. The molecule has 0 radical (unpaired) electrons. The zero-order chi connectivity index (χ0) is 13.7. The smallest absolute Gasteiger partial charge is 0.304 e. The van der Waals surface area contributed by atoms with E-state index in [1.165, 1.54) is 6.07 Å². The van der Waals surface area contributed by atoms with E-state index in [4.69, 9.17) is 5.11 Å². The topological polar surface area (TPSA) is 66.4 Å². The number of hydrogen-bond acceptors (Lipinski definition) is 2. The number of carbonyl (C=O) groups excluding carboxylic acids is 1. The summed E-state index contributed by atoms with van der Waals surface area (Å²) >= 11 is 0. The Hall–Kier alpha value is -1.91. The van der Waals surface area contributed by atoms with Crippen LogP contribution in [0.15, 0.2) is 18.2 Å². The summed E-state index contributed by atoms with van der Waals surface area (Å²) in [6.07, 6.45) is -0.200. The molecule has 1 aromatic rings. The van der Waals surface area contributed by atoms with Gasteiger partial charge in [0.25, 0.3) is 0 Å². The molecule has 0 fully saturated rings. The number of carbonyl (C=O) groups is 2. The Balaban J connectivity index is 2.52. The summed E-state index contributed by atoms with van der Waals surface area (Å²) in [5, 5.41) is 11.2. The zero-order valence-corrected chi connectivity index (χ0v) is 10.4. The van der Waals surface area contributed by atoms with Crippen molar-refractivity contribution in [3.05, 3.63) is 35.1 Å². The molecular formula is C13H16FNO3. The van der Waals surface area contributed by atoms with Gasteiger partial charge in [0.2, 0.25) is 5.91 Å². The minimum absolute atomic E-state index is 0.200. The van der Waals surface area contributed by atoms with Gasteiger partial charge in [-0.15, -0.1) is 0 Å². The van der Waals surface area contributed by atoms with Crippen molar-refractivity contribution >= 4 is 11.9 Å². The summed E-state index contributed by atoms with van der Waals surface area (Å²) in [5.74, 6) is -2.19. The predicted octanol–water partition coefficient (Wildman–Crippen LogP) is 1.86. The molecule has 4 nitrogen and oxygen atoms in total.